The van der Waals surface area contributed by atoms with E-state index < -0.39 is 0 Å². The summed E-state index contributed by atoms with van der Waals surface area (Å²) >= 11 is 0. The zero-order valence-corrected chi connectivity index (χ0v) is 9.37. The van der Waals surface area contributed by atoms with E-state index in [1.807, 2.05) is 13.8 Å². The minimum Gasteiger partial charge on any atom is -0.383 e. The second-order valence-corrected chi connectivity index (χ2v) is 3.36. The van der Waals surface area contributed by atoms with Gasteiger partial charge in [0.2, 0.25) is 5.91 Å². The van der Waals surface area contributed by atoms with Crippen molar-refractivity contribution >= 4 is 11.7 Å². The van der Waals surface area contributed by atoms with Gasteiger partial charge in [-0.25, -0.2) is 0 Å². The first-order chi connectivity index (χ1) is 6.52. The van der Waals surface area contributed by atoms with Crippen molar-refractivity contribution in [2.24, 2.45) is 0 Å². The van der Waals surface area contributed by atoms with Crippen molar-refractivity contribution in [1.29, 1.82) is 0 Å². The molecule has 14 heavy (non-hydrogen) atoms. The lowest BCUT2D eigenvalue weighted by atomic mass is 10.2. The highest BCUT2D eigenvalue weighted by Gasteiger charge is 2.18. The van der Waals surface area contributed by atoms with E-state index in [1.54, 1.807) is 12.0 Å². The van der Waals surface area contributed by atoms with Gasteiger partial charge in [-0.1, -0.05) is 0 Å². The quantitative estimate of drug-likeness (QED) is 0.598. The third-order valence-electron chi connectivity index (χ3n) is 2.00. The summed E-state index contributed by atoms with van der Waals surface area (Å²) in [4.78, 5) is 24.0. The van der Waals surface area contributed by atoms with Gasteiger partial charge in [0.15, 0.2) is 0 Å². The molecule has 0 heterocycles. The van der Waals surface area contributed by atoms with Crippen molar-refractivity contribution in [2.45, 2.75) is 33.2 Å². The smallest absolute Gasteiger partial charge is 0.230 e. The third-order valence-corrected chi connectivity index (χ3v) is 2.00. The number of amides is 1. The van der Waals surface area contributed by atoms with Gasteiger partial charge in [-0.15, -0.1) is 0 Å². The highest BCUT2D eigenvalue weighted by atomic mass is 16.5. The molecular formula is C10H19NO3. The van der Waals surface area contributed by atoms with Gasteiger partial charge in [-0.05, 0) is 20.8 Å². The van der Waals surface area contributed by atoms with E-state index in [4.69, 9.17) is 4.74 Å². The molecule has 4 heteroatoms. The van der Waals surface area contributed by atoms with Gasteiger partial charge >= 0.3 is 0 Å². The van der Waals surface area contributed by atoms with Crippen LogP contribution in [-0.2, 0) is 14.3 Å². The van der Waals surface area contributed by atoms with Crippen LogP contribution in [0.4, 0.5) is 0 Å². The number of Topliss-reactive ketones (excluding diaryl/α,β-unsaturated/α-hetero) is 1. The molecule has 0 aromatic heterocycles. The average Bonchev–Trinajstić information content (AvgIpc) is 2.04. The summed E-state index contributed by atoms with van der Waals surface area (Å²) in [6.07, 6.45) is -0.0120. The molecule has 82 valence electrons. The standard InChI is InChI=1S/C10H19NO3/c1-5-11(8(2)7-14-4)10(13)6-9(3)12/h8H,5-7H2,1-4H3. The molecule has 1 amide bonds. The molecule has 0 saturated heterocycles. The monoisotopic (exact) mass is 201 g/mol. The molecule has 0 spiro atoms. The SMILES string of the molecule is CCN(C(=O)CC(C)=O)C(C)COC. The van der Waals surface area contributed by atoms with Crippen molar-refractivity contribution < 1.29 is 14.3 Å². The molecule has 0 aromatic carbocycles. The van der Waals surface area contributed by atoms with Crippen LogP contribution in [0.15, 0.2) is 0 Å². The van der Waals surface area contributed by atoms with Crippen LogP contribution in [0, 0.1) is 0 Å². The first-order valence-corrected chi connectivity index (χ1v) is 4.80. The molecule has 0 aliphatic carbocycles. The Bertz CT molecular complexity index is 204. The molecule has 1 atom stereocenters. The summed E-state index contributed by atoms with van der Waals surface area (Å²) < 4.78 is 4.96. The number of carbonyl (C=O) groups excluding carboxylic acids is 2. The van der Waals surface area contributed by atoms with E-state index in [2.05, 4.69) is 0 Å². The molecule has 0 bridgehead atoms. The summed E-state index contributed by atoms with van der Waals surface area (Å²) in [5, 5.41) is 0. The predicted octanol–water partition coefficient (Wildman–Crippen LogP) is 0.849. The Kier molecular flexibility index (Phi) is 6.12. The number of hydrogen-bond donors (Lipinski definition) is 0. The van der Waals surface area contributed by atoms with E-state index in [9.17, 15) is 9.59 Å². The number of methoxy groups -OCH3 is 1. The van der Waals surface area contributed by atoms with Gasteiger partial charge < -0.3 is 9.64 Å². The Morgan fingerprint density at radius 1 is 1.43 bits per heavy atom. The first-order valence-electron chi connectivity index (χ1n) is 4.80. The summed E-state index contributed by atoms with van der Waals surface area (Å²) in [7, 11) is 1.60. The number of hydrogen-bond acceptors (Lipinski definition) is 3. The fraction of sp³-hybridized carbons (Fsp3) is 0.800. The van der Waals surface area contributed by atoms with Crippen LogP contribution >= 0.6 is 0 Å². The maximum atomic E-state index is 11.6. The minimum atomic E-state index is -0.121. The summed E-state index contributed by atoms with van der Waals surface area (Å²) in [6.45, 7) is 6.33. The lowest BCUT2D eigenvalue weighted by Gasteiger charge is -2.27. The second kappa shape index (κ2) is 6.54. The number of ketones is 1. The van der Waals surface area contributed by atoms with E-state index in [1.165, 1.54) is 6.92 Å². The molecule has 1 unspecified atom stereocenters. The van der Waals surface area contributed by atoms with Gasteiger partial charge in [-0.3, -0.25) is 9.59 Å². The zero-order valence-electron chi connectivity index (χ0n) is 9.37. The van der Waals surface area contributed by atoms with Crippen LogP contribution in [0.1, 0.15) is 27.2 Å². The Hall–Kier alpha value is -0.900. The van der Waals surface area contributed by atoms with Gasteiger partial charge in [0.25, 0.3) is 0 Å². The number of ether oxygens (including phenoxy) is 1. The van der Waals surface area contributed by atoms with Gasteiger partial charge in [-0.2, -0.15) is 0 Å². The van der Waals surface area contributed by atoms with E-state index in [0.29, 0.717) is 13.2 Å². The number of nitrogens with zero attached hydrogens (tertiary/aromatic N) is 1. The summed E-state index contributed by atoms with van der Waals surface area (Å²) in [5.41, 5.74) is 0. The van der Waals surface area contributed by atoms with E-state index >= 15 is 0 Å². The molecule has 4 nitrogen and oxygen atoms in total. The fourth-order valence-electron chi connectivity index (χ4n) is 1.38. The molecular weight excluding hydrogens is 182 g/mol. The predicted molar refractivity (Wildman–Crippen MR) is 54.0 cm³/mol. The summed E-state index contributed by atoms with van der Waals surface area (Å²) in [6, 6.07) is 0.0249. The molecule has 0 N–H and O–H groups in total. The van der Waals surface area contributed by atoms with Gasteiger partial charge in [0, 0.05) is 13.7 Å². The van der Waals surface area contributed by atoms with Crippen LogP contribution in [-0.4, -0.2) is 42.9 Å². The van der Waals surface area contributed by atoms with Crippen molar-refractivity contribution in [2.75, 3.05) is 20.3 Å². The van der Waals surface area contributed by atoms with Gasteiger partial charge in [0.1, 0.15) is 5.78 Å². The molecule has 0 aliphatic heterocycles. The molecule has 0 fully saturated rings. The van der Waals surface area contributed by atoms with E-state index in [0.717, 1.165) is 0 Å². The van der Waals surface area contributed by atoms with Crippen LogP contribution in [0.25, 0.3) is 0 Å². The van der Waals surface area contributed by atoms with Gasteiger partial charge in [0.05, 0.1) is 19.1 Å². The fourth-order valence-corrected chi connectivity index (χ4v) is 1.38. The lowest BCUT2D eigenvalue weighted by Crippen LogP contribution is -2.41. The number of carbonyl (C=O) groups is 2. The van der Waals surface area contributed by atoms with Crippen molar-refractivity contribution in [3.8, 4) is 0 Å². The maximum Gasteiger partial charge on any atom is 0.230 e. The highest BCUT2D eigenvalue weighted by molar-refractivity contribution is 5.96. The Balaban J connectivity index is 4.24. The molecule has 0 aliphatic rings. The maximum absolute atomic E-state index is 11.6. The van der Waals surface area contributed by atoms with Crippen molar-refractivity contribution in [3.05, 3.63) is 0 Å². The van der Waals surface area contributed by atoms with E-state index in [-0.39, 0.29) is 24.2 Å². The average molecular weight is 201 g/mol. The molecule has 0 aromatic rings. The summed E-state index contributed by atoms with van der Waals surface area (Å²) in [5.74, 6) is -0.220. The van der Waals surface area contributed by atoms with Crippen LogP contribution in [0.3, 0.4) is 0 Å². The molecule has 0 radical (unpaired) electrons. The van der Waals surface area contributed by atoms with Crippen LogP contribution < -0.4 is 0 Å². The lowest BCUT2D eigenvalue weighted by molar-refractivity contribution is -0.137. The number of likely N-dealkylation sites (N-methyl/N-ethyl adjacent to an activating group) is 1. The number of rotatable bonds is 6. The Labute approximate surface area is 85.2 Å². The normalized spacial score (nSPS) is 12.3. The third kappa shape index (κ3) is 4.37. The highest BCUT2D eigenvalue weighted by Crippen LogP contribution is 2.02. The van der Waals surface area contributed by atoms with Crippen LogP contribution in [0.5, 0.6) is 0 Å². The Morgan fingerprint density at radius 3 is 2.36 bits per heavy atom. The largest absolute Gasteiger partial charge is 0.383 e. The van der Waals surface area contributed by atoms with Crippen molar-refractivity contribution in [3.63, 3.8) is 0 Å². The second-order valence-electron chi connectivity index (χ2n) is 3.36. The molecule has 0 saturated carbocycles. The Morgan fingerprint density at radius 2 is 2.00 bits per heavy atom. The topological polar surface area (TPSA) is 46.6 Å². The first kappa shape index (κ1) is 13.1. The minimum absolute atomic E-state index is 0.0120. The van der Waals surface area contributed by atoms with Crippen molar-refractivity contribution in [1.82, 2.24) is 4.90 Å². The van der Waals surface area contributed by atoms with Crippen LogP contribution in [0.2, 0.25) is 0 Å². The zero-order chi connectivity index (χ0) is 11.1. The molecule has 0 rings (SSSR count).